The predicted octanol–water partition coefficient (Wildman–Crippen LogP) is 1.13. The Kier molecular flexibility index (Phi) is 5.16. The van der Waals surface area contributed by atoms with Gasteiger partial charge in [0.2, 0.25) is 0 Å². The first-order valence-corrected chi connectivity index (χ1v) is 11.1. The lowest BCUT2D eigenvalue weighted by Gasteiger charge is -2.27. The minimum atomic E-state index is -5.00. The van der Waals surface area contributed by atoms with Crippen LogP contribution in [-0.4, -0.2) is 47.4 Å². The van der Waals surface area contributed by atoms with Gasteiger partial charge in [-0.3, -0.25) is 9.05 Å². The summed E-state index contributed by atoms with van der Waals surface area (Å²) >= 11 is 0. The highest BCUT2D eigenvalue weighted by Crippen LogP contribution is 2.63. The van der Waals surface area contributed by atoms with E-state index in [1.165, 1.54) is 0 Å². The Morgan fingerprint density at radius 2 is 1.65 bits per heavy atom. The SMILES string of the molecule is O=[P+]1OC[C@H]2O[C@@H]3COP(=O)(O)OP(=O)(O)O[C@H]3[C@@H]2O[P+](=O)O1. The molecule has 3 fully saturated rings. The first-order valence-electron chi connectivity index (χ1n) is 5.93. The summed E-state index contributed by atoms with van der Waals surface area (Å²) in [6.07, 6.45) is -4.67. The Bertz CT molecular complexity index is 620. The first kappa shape index (κ1) is 18.1. The highest BCUT2D eigenvalue weighted by atomic mass is 31.3. The molecule has 3 heterocycles. The lowest BCUT2D eigenvalue weighted by molar-refractivity contribution is -0.0403. The molecule has 3 rings (SSSR count). The summed E-state index contributed by atoms with van der Waals surface area (Å²) in [6, 6.07) is 0. The van der Waals surface area contributed by atoms with E-state index in [1.807, 2.05) is 0 Å². The molecule has 0 aromatic carbocycles. The zero-order valence-electron chi connectivity index (χ0n) is 10.9. The van der Waals surface area contributed by atoms with Gasteiger partial charge in [0.15, 0.2) is 10.4 Å². The number of fused-ring (bicyclic) bond motifs is 3. The normalized spacial score (nSPS) is 51.7. The quantitative estimate of drug-likeness (QED) is 0.541. The molecule has 8 atom stereocenters. The molecule has 17 heteroatoms. The topological polar surface area (TPSA) is 173 Å². The van der Waals surface area contributed by atoms with E-state index >= 15 is 0 Å². The van der Waals surface area contributed by atoms with Gasteiger partial charge in [0, 0.05) is 9.13 Å². The van der Waals surface area contributed by atoms with Crippen molar-refractivity contribution in [3.05, 3.63) is 0 Å². The van der Waals surface area contributed by atoms with Gasteiger partial charge in [-0.1, -0.05) is 0 Å². The number of ether oxygens (including phenoxy) is 1. The third-order valence-electron chi connectivity index (χ3n) is 2.95. The van der Waals surface area contributed by atoms with Gasteiger partial charge in [-0.15, -0.1) is 9.05 Å². The van der Waals surface area contributed by atoms with E-state index < -0.39 is 63.2 Å². The van der Waals surface area contributed by atoms with Crippen molar-refractivity contribution in [3.8, 4) is 0 Å². The maximum atomic E-state index is 11.7. The Morgan fingerprint density at radius 1 is 0.957 bits per heavy atom. The molecule has 4 unspecified atom stereocenters. The fourth-order valence-electron chi connectivity index (χ4n) is 2.15. The van der Waals surface area contributed by atoms with Crippen LogP contribution in [0.1, 0.15) is 0 Å². The van der Waals surface area contributed by atoms with E-state index in [0.29, 0.717) is 0 Å². The molecule has 3 aliphatic heterocycles. The zero-order chi connectivity index (χ0) is 16.8. The second kappa shape index (κ2) is 6.55. The van der Waals surface area contributed by atoms with Gasteiger partial charge >= 0.3 is 32.2 Å². The van der Waals surface area contributed by atoms with Crippen LogP contribution in [0.3, 0.4) is 0 Å². The van der Waals surface area contributed by atoms with Crippen LogP contribution in [0.5, 0.6) is 0 Å². The summed E-state index contributed by atoms with van der Waals surface area (Å²) in [4.78, 5) is 18.7. The second-order valence-corrected chi connectivity index (χ2v) is 9.51. The van der Waals surface area contributed by atoms with Crippen LogP contribution in [0.2, 0.25) is 0 Å². The van der Waals surface area contributed by atoms with Gasteiger partial charge in [-0.25, -0.2) is 9.13 Å². The Morgan fingerprint density at radius 3 is 2.39 bits per heavy atom. The van der Waals surface area contributed by atoms with Crippen molar-refractivity contribution < 1.29 is 59.5 Å². The average molecular weight is 414 g/mol. The van der Waals surface area contributed by atoms with Crippen LogP contribution < -0.4 is 0 Å². The molecule has 0 aromatic rings. The van der Waals surface area contributed by atoms with Crippen molar-refractivity contribution in [2.45, 2.75) is 24.4 Å². The molecule has 130 valence electrons. The molecule has 0 bridgehead atoms. The van der Waals surface area contributed by atoms with Crippen molar-refractivity contribution in [2.24, 2.45) is 0 Å². The van der Waals surface area contributed by atoms with Crippen molar-refractivity contribution in [1.29, 1.82) is 0 Å². The fourth-order valence-corrected chi connectivity index (χ4v) is 5.94. The van der Waals surface area contributed by atoms with Crippen LogP contribution >= 0.6 is 32.2 Å². The van der Waals surface area contributed by atoms with E-state index in [4.69, 9.17) is 18.3 Å². The molecule has 2 N–H and O–H groups in total. The standard InChI is InChI=1S/C6H8O13P4/c7-20-13-1-3-5(16-21(8)18-20)6-4(15-3)2-14-22(9,10)19-23(11,12)17-6/h3-6H,1-2H2/p+2/t3-,4-,5-,6-/m1/s1. The molecule has 23 heavy (non-hydrogen) atoms. The lowest BCUT2D eigenvalue weighted by atomic mass is 10.1. The molecule has 0 spiro atoms. The molecule has 0 radical (unpaired) electrons. The maximum absolute atomic E-state index is 11.7. The van der Waals surface area contributed by atoms with Gasteiger partial charge in [0.1, 0.15) is 24.9 Å². The van der Waals surface area contributed by atoms with E-state index in [2.05, 4.69) is 13.1 Å². The van der Waals surface area contributed by atoms with E-state index in [0.717, 1.165) is 0 Å². The molecular formula is C6H10O13P4+2. The summed E-state index contributed by atoms with van der Waals surface area (Å²) in [7, 11) is -15.4. The lowest BCUT2D eigenvalue weighted by Crippen LogP contribution is -2.39. The molecule has 13 nitrogen and oxygen atoms in total. The van der Waals surface area contributed by atoms with Crippen LogP contribution in [0, 0.1) is 0 Å². The third-order valence-corrected chi connectivity index (χ3v) is 7.43. The minimum Gasteiger partial charge on any atom is -0.364 e. The fraction of sp³-hybridized carbons (Fsp3) is 1.00. The highest BCUT2D eigenvalue weighted by molar-refractivity contribution is 7.61. The average Bonchev–Trinajstić information content (AvgIpc) is 2.67. The molecule has 3 aliphatic rings. The predicted molar refractivity (Wildman–Crippen MR) is 67.3 cm³/mol. The van der Waals surface area contributed by atoms with Crippen LogP contribution in [-0.2, 0) is 49.7 Å². The smallest absolute Gasteiger partial charge is 0.364 e. The van der Waals surface area contributed by atoms with E-state index in [9.17, 15) is 28.0 Å². The van der Waals surface area contributed by atoms with Crippen LogP contribution in [0.4, 0.5) is 0 Å². The van der Waals surface area contributed by atoms with E-state index in [1.54, 1.807) is 0 Å². The number of phosphoric ester groups is 2. The summed E-state index contributed by atoms with van der Waals surface area (Å²) < 4.78 is 78.8. The van der Waals surface area contributed by atoms with Gasteiger partial charge < -0.3 is 14.5 Å². The zero-order valence-corrected chi connectivity index (χ0v) is 14.5. The summed E-state index contributed by atoms with van der Waals surface area (Å²) in [5.41, 5.74) is 0. The number of rotatable bonds is 0. The number of hydrogen-bond acceptors (Lipinski definition) is 11. The van der Waals surface area contributed by atoms with Crippen LogP contribution in [0.25, 0.3) is 0 Å². The van der Waals surface area contributed by atoms with Crippen molar-refractivity contribution in [3.63, 3.8) is 0 Å². The maximum Gasteiger partial charge on any atom is 0.748 e. The minimum absolute atomic E-state index is 0.327. The molecule has 0 aliphatic carbocycles. The number of hydrogen-bond donors (Lipinski definition) is 2. The largest absolute Gasteiger partial charge is 0.748 e. The summed E-state index contributed by atoms with van der Waals surface area (Å²) in [6.45, 7) is -0.870. The molecular weight excluding hydrogens is 404 g/mol. The Hall–Kier alpha value is 0.300. The molecule has 3 saturated heterocycles. The van der Waals surface area contributed by atoms with E-state index in [-0.39, 0.29) is 6.61 Å². The monoisotopic (exact) mass is 414 g/mol. The first-order chi connectivity index (χ1) is 10.7. The Balaban J connectivity index is 1.86. The van der Waals surface area contributed by atoms with Crippen molar-refractivity contribution in [1.82, 2.24) is 0 Å². The number of phosphoric acid groups is 2. The molecule has 0 saturated carbocycles. The molecule has 0 amide bonds. The summed E-state index contributed by atoms with van der Waals surface area (Å²) in [5, 5.41) is 0. The highest BCUT2D eigenvalue weighted by Gasteiger charge is 2.60. The Labute approximate surface area is 130 Å². The third kappa shape index (κ3) is 4.29. The van der Waals surface area contributed by atoms with Crippen molar-refractivity contribution in [2.75, 3.05) is 13.2 Å². The van der Waals surface area contributed by atoms with Gasteiger partial charge in [0.05, 0.1) is 6.61 Å². The second-order valence-electron chi connectivity index (χ2n) is 4.49. The van der Waals surface area contributed by atoms with Gasteiger partial charge in [-0.05, 0) is 0 Å². The van der Waals surface area contributed by atoms with Gasteiger partial charge in [0.25, 0.3) is 0 Å². The summed E-state index contributed by atoms with van der Waals surface area (Å²) in [5.74, 6) is 0. The van der Waals surface area contributed by atoms with Gasteiger partial charge in [-0.2, -0.15) is 4.31 Å². The van der Waals surface area contributed by atoms with Crippen LogP contribution in [0.15, 0.2) is 0 Å². The molecule has 0 aromatic heterocycles. The van der Waals surface area contributed by atoms with Crippen molar-refractivity contribution >= 4 is 32.2 Å².